The van der Waals surface area contributed by atoms with Crippen LogP contribution in [0.1, 0.15) is 12.5 Å². The second kappa shape index (κ2) is 5.06. The van der Waals surface area contributed by atoms with Crippen molar-refractivity contribution < 1.29 is 4.39 Å². The largest absolute Gasteiger partial charge is 0.398 e. The maximum atomic E-state index is 12.9. The molecule has 1 aromatic carbocycles. The van der Waals surface area contributed by atoms with Crippen molar-refractivity contribution in [3.63, 3.8) is 0 Å². The molecule has 88 valence electrons. The van der Waals surface area contributed by atoms with E-state index in [1.807, 2.05) is 11.8 Å². The summed E-state index contributed by atoms with van der Waals surface area (Å²) in [7, 11) is 0. The Hall–Kier alpha value is -0.740. The van der Waals surface area contributed by atoms with Gasteiger partial charge in [-0.3, -0.25) is 4.90 Å². The summed E-state index contributed by atoms with van der Waals surface area (Å²) in [4.78, 5) is 2.38. The Balaban J connectivity index is 2.02. The molecule has 0 radical (unpaired) electrons. The van der Waals surface area contributed by atoms with E-state index < -0.39 is 0 Å². The minimum Gasteiger partial charge on any atom is -0.398 e. The van der Waals surface area contributed by atoms with Crippen LogP contribution in [0.25, 0.3) is 0 Å². The number of nitrogens with two attached hydrogens (primary N) is 1. The van der Waals surface area contributed by atoms with Crippen molar-refractivity contribution in [1.82, 2.24) is 4.90 Å². The van der Waals surface area contributed by atoms with Crippen molar-refractivity contribution in [3.05, 3.63) is 29.6 Å². The number of thioether (sulfide) groups is 1. The molecule has 2 nitrogen and oxygen atoms in total. The second-order valence-electron chi connectivity index (χ2n) is 4.26. The predicted octanol–water partition coefficient (Wildman–Crippen LogP) is 2.35. The zero-order valence-electron chi connectivity index (χ0n) is 9.45. The summed E-state index contributed by atoms with van der Waals surface area (Å²) in [5.74, 6) is 0.909. The summed E-state index contributed by atoms with van der Waals surface area (Å²) in [5.41, 5.74) is 7.39. The molecule has 1 aromatic rings. The van der Waals surface area contributed by atoms with Crippen molar-refractivity contribution in [2.45, 2.75) is 18.7 Å². The first kappa shape index (κ1) is 11.7. The molecule has 0 spiro atoms. The van der Waals surface area contributed by atoms with Gasteiger partial charge in [0.15, 0.2) is 0 Å². The molecule has 1 heterocycles. The standard InChI is InChI=1S/C12H17FN2S/c1-9-7-15(4-5-16-9)8-10-2-3-11(13)6-12(10)14/h2-3,6,9H,4-5,7-8,14H2,1H3. The summed E-state index contributed by atoms with van der Waals surface area (Å²) < 4.78 is 12.9. The van der Waals surface area contributed by atoms with E-state index in [0.717, 1.165) is 25.2 Å². The van der Waals surface area contributed by atoms with Crippen LogP contribution in [-0.4, -0.2) is 29.0 Å². The van der Waals surface area contributed by atoms with Gasteiger partial charge in [0.2, 0.25) is 0 Å². The fourth-order valence-corrected chi connectivity index (χ4v) is 3.07. The summed E-state index contributed by atoms with van der Waals surface area (Å²) in [6.07, 6.45) is 0. The highest BCUT2D eigenvalue weighted by atomic mass is 32.2. The van der Waals surface area contributed by atoms with Crippen LogP contribution < -0.4 is 5.73 Å². The Bertz CT molecular complexity index is 370. The Kier molecular flexibility index (Phi) is 3.71. The van der Waals surface area contributed by atoms with Gasteiger partial charge in [-0.25, -0.2) is 4.39 Å². The van der Waals surface area contributed by atoms with Crippen LogP contribution in [0.3, 0.4) is 0 Å². The quantitative estimate of drug-likeness (QED) is 0.805. The van der Waals surface area contributed by atoms with Crippen molar-refractivity contribution in [3.8, 4) is 0 Å². The molecule has 0 aliphatic carbocycles. The van der Waals surface area contributed by atoms with Gasteiger partial charge in [0, 0.05) is 36.3 Å². The van der Waals surface area contributed by atoms with Crippen molar-refractivity contribution in [1.29, 1.82) is 0 Å². The van der Waals surface area contributed by atoms with Gasteiger partial charge in [-0.15, -0.1) is 0 Å². The molecule has 0 saturated carbocycles. The molecular weight excluding hydrogens is 223 g/mol. The van der Waals surface area contributed by atoms with Crippen LogP contribution in [0.4, 0.5) is 10.1 Å². The number of halogens is 1. The Morgan fingerprint density at radius 1 is 1.56 bits per heavy atom. The summed E-state index contributed by atoms with van der Waals surface area (Å²) in [5, 5.41) is 0.676. The third kappa shape index (κ3) is 2.89. The van der Waals surface area contributed by atoms with Crippen LogP contribution in [0.15, 0.2) is 18.2 Å². The van der Waals surface area contributed by atoms with Gasteiger partial charge in [-0.2, -0.15) is 11.8 Å². The number of rotatable bonds is 2. The van der Waals surface area contributed by atoms with Crippen LogP contribution in [0.2, 0.25) is 0 Å². The van der Waals surface area contributed by atoms with Gasteiger partial charge in [-0.05, 0) is 17.7 Å². The van der Waals surface area contributed by atoms with Gasteiger partial charge in [0.1, 0.15) is 5.82 Å². The topological polar surface area (TPSA) is 29.3 Å². The molecule has 0 aromatic heterocycles. The van der Waals surface area contributed by atoms with Crippen LogP contribution >= 0.6 is 11.8 Å². The lowest BCUT2D eigenvalue weighted by atomic mass is 10.1. The molecule has 2 N–H and O–H groups in total. The van der Waals surface area contributed by atoms with E-state index in [4.69, 9.17) is 5.73 Å². The molecular formula is C12H17FN2S. The molecule has 0 bridgehead atoms. The molecule has 4 heteroatoms. The van der Waals surface area contributed by atoms with E-state index in [1.54, 1.807) is 6.07 Å². The van der Waals surface area contributed by atoms with Crippen LogP contribution in [0, 0.1) is 5.82 Å². The Morgan fingerprint density at radius 3 is 3.06 bits per heavy atom. The SMILES string of the molecule is CC1CN(Cc2ccc(F)cc2N)CCS1. The van der Waals surface area contributed by atoms with Crippen LogP contribution in [0.5, 0.6) is 0 Å². The minimum absolute atomic E-state index is 0.260. The molecule has 1 saturated heterocycles. The Labute approximate surface area is 100 Å². The highest BCUT2D eigenvalue weighted by Gasteiger charge is 2.17. The van der Waals surface area contributed by atoms with Crippen molar-refractivity contribution >= 4 is 17.4 Å². The van der Waals surface area contributed by atoms with E-state index in [-0.39, 0.29) is 5.82 Å². The lowest BCUT2D eigenvalue weighted by Gasteiger charge is -2.30. The lowest BCUT2D eigenvalue weighted by Crippen LogP contribution is -2.36. The van der Waals surface area contributed by atoms with Crippen molar-refractivity contribution in [2.24, 2.45) is 0 Å². The number of nitrogens with zero attached hydrogens (tertiary/aromatic N) is 1. The highest BCUT2D eigenvalue weighted by molar-refractivity contribution is 7.99. The number of hydrogen-bond donors (Lipinski definition) is 1. The molecule has 1 atom stereocenters. The first-order valence-electron chi connectivity index (χ1n) is 5.53. The van der Waals surface area contributed by atoms with E-state index in [0.29, 0.717) is 10.9 Å². The van der Waals surface area contributed by atoms with Gasteiger partial charge >= 0.3 is 0 Å². The molecule has 1 aliphatic rings. The summed E-state index contributed by atoms with van der Waals surface area (Å²) >= 11 is 2.01. The zero-order chi connectivity index (χ0) is 11.5. The molecule has 1 aliphatic heterocycles. The Morgan fingerprint density at radius 2 is 2.38 bits per heavy atom. The number of anilines is 1. The van der Waals surface area contributed by atoms with Gasteiger partial charge in [0.05, 0.1) is 0 Å². The molecule has 0 amide bonds. The van der Waals surface area contributed by atoms with E-state index in [2.05, 4.69) is 11.8 Å². The average molecular weight is 240 g/mol. The second-order valence-corrected chi connectivity index (χ2v) is 5.81. The number of hydrogen-bond acceptors (Lipinski definition) is 3. The molecule has 1 unspecified atom stereocenters. The van der Waals surface area contributed by atoms with Crippen molar-refractivity contribution in [2.75, 3.05) is 24.6 Å². The highest BCUT2D eigenvalue weighted by Crippen LogP contribution is 2.21. The smallest absolute Gasteiger partial charge is 0.125 e. The fourth-order valence-electron chi connectivity index (χ4n) is 1.98. The van der Waals surface area contributed by atoms with Gasteiger partial charge < -0.3 is 5.73 Å². The minimum atomic E-state index is -0.260. The molecule has 16 heavy (non-hydrogen) atoms. The maximum absolute atomic E-state index is 12.9. The van der Waals surface area contributed by atoms with E-state index in [9.17, 15) is 4.39 Å². The molecule has 2 rings (SSSR count). The number of benzene rings is 1. The van der Waals surface area contributed by atoms with E-state index in [1.165, 1.54) is 17.9 Å². The maximum Gasteiger partial charge on any atom is 0.125 e. The molecule has 1 fully saturated rings. The fraction of sp³-hybridized carbons (Fsp3) is 0.500. The first-order valence-corrected chi connectivity index (χ1v) is 6.58. The first-order chi connectivity index (χ1) is 7.65. The van der Waals surface area contributed by atoms with E-state index >= 15 is 0 Å². The zero-order valence-corrected chi connectivity index (χ0v) is 10.3. The monoisotopic (exact) mass is 240 g/mol. The third-order valence-corrected chi connectivity index (χ3v) is 3.96. The lowest BCUT2D eigenvalue weighted by molar-refractivity contribution is 0.279. The van der Waals surface area contributed by atoms with Gasteiger partial charge in [-0.1, -0.05) is 13.0 Å². The van der Waals surface area contributed by atoms with Crippen LogP contribution in [-0.2, 0) is 6.54 Å². The van der Waals surface area contributed by atoms with Gasteiger partial charge in [0.25, 0.3) is 0 Å². The summed E-state index contributed by atoms with van der Waals surface area (Å²) in [6.45, 7) is 5.25. The summed E-state index contributed by atoms with van der Waals surface area (Å²) in [6, 6.07) is 4.67. The normalized spacial score (nSPS) is 22.2. The number of nitrogen functional groups attached to an aromatic ring is 1. The third-order valence-electron chi connectivity index (χ3n) is 2.83. The average Bonchev–Trinajstić information content (AvgIpc) is 2.22. The predicted molar refractivity (Wildman–Crippen MR) is 68.0 cm³/mol.